The number of benzene rings is 4. The molecule has 0 unspecified atom stereocenters. The van der Waals surface area contributed by atoms with Crippen LogP contribution < -0.4 is 8.11 Å². The average Bonchev–Trinajstić information content (AvgIpc) is 3.64. The second-order valence-corrected chi connectivity index (χ2v) is 19.1. The molecule has 0 spiro atoms. The van der Waals surface area contributed by atoms with E-state index < -0.39 is 19.7 Å². The molecular weight excluding hydrogens is 833 g/mol. The summed E-state index contributed by atoms with van der Waals surface area (Å²) in [6, 6.07) is 25.0. The van der Waals surface area contributed by atoms with Crippen LogP contribution in [0.3, 0.4) is 0 Å². The number of nitro benzene ring substituents is 4. The van der Waals surface area contributed by atoms with Gasteiger partial charge in [0.05, 0.1) is 56.1 Å². The molecule has 22 heteroatoms. The lowest BCUT2D eigenvalue weighted by molar-refractivity contribution is -0.387. The van der Waals surface area contributed by atoms with E-state index in [-0.39, 0.29) is 30.9 Å². The van der Waals surface area contributed by atoms with Crippen LogP contribution in [-0.4, -0.2) is 19.7 Å². The molecular formula is C30H16N4O10S8. The van der Waals surface area contributed by atoms with Crippen molar-refractivity contribution in [1.82, 2.24) is 0 Å². The summed E-state index contributed by atoms with van der Waals surface area (Å²) in [6.07, 6.45) is 0. The van der Waals surface area contributed by atoms with E-state index >= 15 is 0 Å². The smallest absolute Gasteiger partial charge is 0.265 e. The Morgan fingerprint density at radius 3 is 0.750 bits per heavy atom. The van der Waals surface area contributed by atoms with Gasteiger partial charge in [0.1, 0.15) is 0 Å². The van der Waals surface area contributed by atoms with Gasteiger partial charge in [-0.25, -0.2) is 0 Å². The van der Waals surface area contributed by atoms with Gasteiger partial charge in [0.2, 0.25) is 0 Å². The highest BCUT2D eigenvalue weighted by Gasteiger charge is 2.23. The number of hydrogen-bond acceptors (Lipinski definition) is 18. The fourth-order valence-electron chi connectivity index (χ4n) is 3.94. The largest absolute Gasteiger partial charge is 0.289 e. The van der Waals surface area contributed by atoms with Gasteiger partial charge in [0, 0.05) is 24.3 Å². The van der Waals surface area contributed by atoms with Crippen LogP contribution >= 0.6 is 92.4 Å². The number of para-hydroxylation sites is 4. The second-order valence-electron chi connectivity index (χ2n) is 9.37. The summed E-state index contributed by atoms with van der Waals surface area (Å²) in [5.74, 6) is 0. The van der Waals surface area contributed by atoms with Gasteiger partial charge >= 0.3 is 0 Å². The summed E-state index contributed by atoms with van der Waals surface area (Å²) in [5, 5.41) is 44.7. The molecule has 0 amide bonds. The standard InChI is InChI=1S/2C15H8N2O5S4/c2*18-15-25-13(23-11-7-3-1-5-9(11)16(19)20)14(26-15)24-12-8-4-2-6-10(12)17(21)22/h2*1-8H. The van der Waals surface area contributed by atoms with E-state index in [2.05, 4.69) is 0 Å². The van der Waals surface area contributed by atoms with E-state index in [9.17, 15) is 50.0 Å². The molecule has 0 radical (unpaired) electrons. The Balaban J connectivity index is 0.000000201. The Bertz CT molecular complexity index is 2100. The highest BCUT2D eigenvalue weighted by atomic mass is 32.2. The van der Waals surface area contributed by atoms with Gasteiger partial charge in [-0.1, -0.05) is 141 Å². The predicted molar refractivity (Wildman–Crippen MR) is 206 cm³/mol. The van der Waals surface area contributed by atoms with Crippen LogP contribution in [-0.2, 0) is 0 Å². The minimum Gasteiger partial charge on any atom is -0.265 e. The lowest BCUT2D eigenvalue weighted by Crippen LogP contribution is -1.90. The van der Waals surface area contributed by atoms with E-state index in [1.807, 2.05) is 0 Å². The lowest BCUT2D eigenvalue weighted by atomic mass is 10.3. The number of nitrogens with zero attached hydrogens (tertiary/aromatic N) is 4. The van der Waals surface area contributed by atoms with Crippen LogP contribution in [0.25, 0.3) is 0 Å². The fraction of sp³-hybridized carbons (Fsp3) is 0. The first kappa shape index (κ1) is 38.8. The Morgan fingerprint density at radius 2 is 0.558 bits per heavy atom. The maximum absolute atomic E-state index is 11.9. The van der Waals surface area contributed by atoms with Crippen LogP contribution in [0.1, 0.15) is 0 Å². The van der Waals surface area contributed by atoms with Crippen molar-refractivity contribution in [2.45, 2.75) is 36.4 Å². The Labute approximate surface area is 324 Å². The molecule has 14 nitrogen and oxygen atoms in total. The van der Waals surface area contributed by atoms with Crippen molar-refractivity contribution in [3.63, 3.8) is 0 Å². The molecule has 0 bridgehead atoms. The molecule has 52 heavy (non-hydrogen) atoms. The summed E-state index contributed by atoms with van der Waals surface area (Å²) in [4.78, 5) is 68.2. The van der Waals surface area contributed by atoms with Crippen LogP contribution in [0.5, 0.6) is 0 Å². The third-order valence-corrected chi connectivity index (χ3v) is 16.2. The van der Waals surface area contributed by atoms with E-state index in [4.69, 9.17) is 0 Å². The van der Waals surface area contributed by atoms with Crippen molar-refractivity contribution in [1.29, 1.82) is 0 Å². The summed E-state index contributed by atoms with van der Waals surface area (Å²) in [7, 11) is 0. The van der Waals surface area contributed by atoms with Crippen molar-refractivity contribution in [2.75, 3.05) is 0 Å². The molecule has 6 rings (SSSR count). The predicted octanol–water partition coefficient (Wildman–Crippen LogP) is 10.6. The SMILES string of the molecule is O=c1sc(Sc2ccccc2[N+](=O)[O-])c(Sc2ccccc2[N+](=O)[O-])s1.O=c1sc(Sc2ccccc2[N+](=O)[O-])c(Sc2ccccc2[N+](=O)[O-])s1. The van der Waals surface area contributed by atoms with Crippen LogP contribution in [0.2, 0.25) is 0 Å². The van der Waals surface area contributed by atoms with Gasteiger partial charge in [0.25, 0.3) is 30.9 Å². The first-order valence-corrected chi connectivity index (χ1v) is 20.4. The van der Waals surface area contributed by atoms with Gasteiger partial charge in [-0.15, -0.1) is 0 Å². The average molecular weight is 849 g/mol. The molecule has 0 aliphatic heterocycles. The van der Waals surface area contributed by atoms with Crippen molar-refractivity contribution in [3.8, 4) is 0 Å². The first-order chi connectivity index (χ1) is 24.9. The monoisotopic (exact) mass is 848 g/mol. The Kier molecular flexibility index (Phi) is 13.3. The van der Waals surface area contributed by atoms with Gasteiger partial charge in [0.15, 0.2) is 0 Å². The zero-order chi connectivity index (χ0) is 37.4. The van der Waals surface area contributed by atoms with E-state index in [0.29, 0.717) is 36.4 Å². The van der Waals surface area contributed by atoms with Crippen molar-refractivity contribution < 1.29 is 19.7 Å². The minimum atomic E-state index is -0.480. The molecule has 6 aromatic rings. The molecule has 2 heterocycles. The molecule has 0 aliphatic carbocycles. The molecule has 0 saturated heterocycles. The highest BCUT2D eigenvalue weighted by molar-refractivity contribution is 8.05. The summed E-state index contributed by atoms with van der Waals surface area (Å²) in [5.41, 5.74) is -0.204. The zero-order valence-electron chi connectivity index (χ0n) is 25.4. The molecule has 0 aliphatic rings. The molecule has 0 fully saturated rings. The minimum absolute atomic E-state index is 0.0509. The Hall–Kier alpha value is -4.42. The van der Waals surface area contributed by atoms with Crippen molar-refractivity contribution in [2.24, 2.45) is 0 Å². The summed E-state index contributed by atoms with van der Waals surface area (Å²) >= 11 is 8.38. The van der Waals surface area contributed by atoms with Crippen LogP contribution in [0.4, 0.5) is 22.7 Å². The third kappa shape index (κ3) is 9.92. The topological polar surface area (TPSA) is 207 Å². The van der Waals surface area contributed by atoms with Crippen LogP contribution in [0, 0.1) is 40.5 Å². The molecule has 2 aromatic heterocycles. The molecule has 0 atom stereocenters. The zero-order valence-corrected chi connectivity index (χ0v) is 31.9. The van der Waals surface area contributed by atoms with Gasteiger partial charge in [-0.05, 0) is 24.3 Å². The second kappa shape index (κ2) is 17.9. The number of hydrogen-bond donors (Lipinski definition) is 0. The number of nitro groups is 4. The fourth-order valence-corrected chi connectivity index (χ4v) is 14.2. The molecule has 0 saturated carbocycles. The Morgan fingerprint density at radius 1 is 0.365 bits per heavy atom. The van der Waals surface area contributed by atoms with Crippen LogP contribution in [0.15, 0.2) is 143 Å². The highest BCUT2D eigenvalue weighted by Crippen LogP contribution is 2.48. The maximum Gasteiger partial charge on any atom is 0.289 e. The maximum atomic E-state index is 11.9. The summed E-state index contributed by atoms with van der Waals surface area (Å²) < 4.78 is 1.98. The summed E-state index contributed by atoms with van der Waals surface area (Å²) in [6.45, 7) is 0. The number of rotatable bonds is 12. The van der Waals surface area contributed by atoms with Crippen molar-refractivity contribution in [3.05, 3.63) is 155 Å². The normalized spacial score (nSPS) is 10.6. The van der Waals surface area contributed by atoms with E-state index in [1.54, 1.807) is 72.8 Å². The molecule has 0 N–H and O–H groups in total. The van der Waals surface area contributed by atoms with E-state index in [0.717, 1.165) is 92.4 Å². The quantitative estimate of drug-likeness (QED) is 0.0829. The molecule has 264 valence electrons. The lowest BCUT2D eigenvalue weighted by Gasteiger charge is -2.04. The van der Waals surface area contributed by atoms with Gasteiger partial charge in [-0.3, -0.25) is 50.0 Å². The van der Waals surface area contributed by atoms with Crippen molar-refractivity contribution >= 4 is 115 Å². The van der Waals surface area contributed by atoms with Gasteiger partial charge < -0.3 is 0 Å². The van der Waals surface area contributed by atoms with Gasteiger partial charge in [-0.2, -0.15) is 0 Å². The molecule has 4 aromatic carbocycles. The third-order valence-electron chi connectivity index (χ3n) is 6.10. The first-order valence-electron chi connectivity index (χ1n) is 13.8. The van der Waals surface area contributed by atoms with E-state index in [1.165, 1.54) is 24.3 Å².